The van der Waals surface area contributed by atoms with Gasteiger partial charge in [-0.1, -0.05) is 12.1 Å². The fraction of sp³-hybridized carbons (Fsp3) is 0.250. The number of nitrogens with zero attached hydrogens (tertiary/aromatic N) is 4. The highest BCUT2D eigenvalue weighted by Crippen LogP contribution is 2.22. The molecule has 0 saturated carbocycles. The van der Waals surface area contributed by atoms with E-state index in [4.69, 9.17) is 0 Å². The molecule has 0 bridgehead atoms. The van der Waals surface area contributed by atoms with Gasteiger partial charge in [0.1, 0.15) is 0 Å². The van der Waals surface area contributed by atoms with Gasteiger partial charge in [-0.05, 0) is 75.4 Å². The molecule has 0 saturated heterocycles. The van der Waals surface area contributed by atoms with Crippen LogP contribution in [0.1, 0.15) is 31.9 Å². The van der Waals surface area contributed by atoms with Crippen LogP contribution < -0.4 is 15.5 Å². The number of amides is 4. The number of allylic oxidation sites excluding steroid dienone is 3. The van der Waals surface area contributed by atoms with Crippen LogP contribution in [0.25, 0.3) is 0 Å². The van der Waals surface area contributed by atoms with Crippen molar-refractivity contribution in [2.24, 2.45) is 4.99 Å². The van der Waals surface area contributed by atoms with Crippen molar-refractivity contribution in [3.63, 3.8) is 0 Å². The number of imide groups is 1. The molecule has 1 heterocycles. The fourth-order valence-corrected chi connectivity index (χ4v) is 3.83. The maximum Gasteiger partial charge on any atom is 0.355 e. The number of hydrogen-bond acceptors (Lipinski definition) is 7. The summed E-state index contributed by atoms with van der Waals surface area (Å²) >= 11 is 0. The van der Waals surface area contributed by atoms with Gasteiger partial charge in [-0.3, -0.25) is 9.78 Å². The number of hydrogen-bond donors (Lipinski definition) is 3. The number of ketones is 1. The molecule has 2 aromatic rings. The lowest BCUT2D eigenvalue weighted by molar-refractivity contribution is -0.111. The van der Waals surface area contributed by atoms with Crippen LogP contribution in [0.3, 0.4) is 0 Å². The summed E-state index contributed by atoms with van der Waals surface area (Å²) in [6, 6.07) is 3.61. The number of carbonyl (C=O) groups excluding carboxylic acids is 3. The van der Waals surface area contributed by atoms with Crippen molar-refractivity contribution in [1.29, 1.82) is 0 Å². The Bertz CT molecular complexity index is 1380. The second-order valence-electron chi connectivity index (χ2n) is 9.12. The van der Waals surface area contributed by atoms with Gasteiger partial charge < -0.3 is 20.6 Å². The summed E-state index contributed by atoms with van der Waals surface area (Å²) in [4.78, 5) is 48.8. The highest BCUT2D eigenvalue weighted by molar-refractivity contribution is 6.14. The molecule has 1 aromatic carbocycles. The number of carbonyl (C=O) groups is 3. The van der Waals surface area contributed by atoms with Crippen LogP contribution in [0.15, 0.2) is 76.8 Å². The molecular formula is C28H31FN6O4. The molecule has 10 nitrogen and oxygen atoms in total. The van der Waals surface area contributed by atoms with Crippen molar-refractivity contribution in [3.8, 4) is 5.75 Å². The van der Waals surface area contributed by atoms with E-state index in [1.54, 1.807) is 25.3 Å². The zero-order valence-electron chi connectivity index (χ0n) is 22.2. The van der Waals surface area contributed by atoms with Crippen molar-refractivity contribution < 1.29 is 23.9 Å². The lowest BCUT2D eigenvalue weighted by Crippen LogP contribution is -2.48. The second-order valence-corrected chi connectivity index (χ2v) is 9.12. The number of nitrogens with one attached hydrogen (secondary N) is 2. The third-order valence-corrected chi connectivity index (χ3v) is 5.66. The van der Waals surface area contributed by atoms with Crippen LogP contribution in [-0.2, 0) is 11.3 Å². The lowest BCUT2D eigenvalue weighted by atomic mass is 10.0. The van der Waals surface area contributed by atoms with E-state index in [9.17, 15) is 23.9 Å². The minimum Gasteiger partial charge on any atom is -0.505 e. The number of halogens is 1. The molecule has 3 rings (SSSR count). The number of aromatic nitrogens is 1. The standard InChI is InChI=1S/C28H31FN6O4/c1-6-20-11-24(26(37)12-23(20)33-17(2)3)32-16-34(15-19-7-8-22(29)25(36)10-19)28(39)35(27(38)30-5)21-9-18(4)13-31-14-21/h6-14,17,32-33,36H,5,15-16H2,1-4H3/b20-6-. The van der Waals surface area contributed by atoms with Crippen LogP contribution in [0, 0.1) is 12.7 Å². The van der Waals surface area contributed by atoms with Crippen molar-refractivity contribution in [3.05, 3.63) is 88.8 Å². The Hall–Kier alpha value is -4.80. The molecule has 0 atom stereocenters. The van der Waals surface area contributed by atoms with Gasteiger partial charge in [0.15, 0.2) is 11.6 Å². The molecular weight excluding hydrogens is 503 g/mol. The second kappa shape index (κ2) is 12.6. The molecule has 204 valence electrons. The molecule has 1 aromatic heterocycles. The van der Waals surface area contributed by atoms with Gasteiger partial charge in [0.05, 0.1) is 24.2 Å². The van der Waals surface area contributed by atoms with Gasteiger partial charge in [0, 0.05) is 30.6 Å². The van der Waals surface area contributed by atoms with E-state index in [1.165, 1.54) is 29.3 Å². The minimum absolute atomic E-state index is 0.111. The largest absolute Gasteiger partial charge is 0.505 e. The van der Waals surface area contributed by atoms with Gasteiger partial charge in [0.2, 0.25) is 5.78 Å². The molecule has 39 heavy (non-hydrogen) atoms. The number of aromatic hydroxyl groups is 1. The van der Waals surface area contributed by atoms with Crippen LogP contribution >= 0.6 is 0 Å². The molecule has 1 aliphatic carbocycles. The third-order valence-electron chi connectivity index (χ3n) is 5.66. The predicted octanol–water partition coefficient (Wildman–Crippen LogP) is 4.33. The molecule has 0 spiro atoms. The molecule has 0 fully saturated rings. The van der Waals surface area contributed by atoms with Crippen molar-refractivity contribution in [2.75, 3.05) is 11.6 Å². The first-order chi connectivity index (χ1) is 18.5. The number of rotatable bonds is 8. The molecule has 1 aliphatic rings. The maximum absolute atomic E-state index is 13.8. The van der Waals surface area contributed by atoms with E-state index in [-0.39, 0.29) is 36.4 Å². The lowest BCUT2D eigenvalue weighted by Gasteiger charge is -2.30. The van der Waals surface area contributed by atoms with Crippen molar-refractivity contribution >= 4 is 30.3 Å². The smallest absolute Gasteiger partial charge is 0.355 e. The van der Waals surface area contributed by atoms with Crippen LogP contribution in [0.2, 0.25) is 0 Å². The van der Waals surface area contributed by atoms with Crippen LogP contribution in [0.5, 0.6) is 5.75 Å². The van der Waals surface area contributed by atoms with Crippen molar-refractivity contribution in [1.82, 2.24) is 20.5 Å². The quantitative estimate of drug-likeness (QED) is 0.340. The number of pyridine rings is 1. The first-order valence-corrected chi connectivity index (χ1v) is 12.2. The van der Waals surface area contributed by atoms with Gasteiger partial charge in [0.25, 0.3) is 0 Å². The Labute approximate surface area is 226 Å². The van der Waals surface area contributed by atoms with Crippen LogP contribution in [0.4, 0.5) is 19.7 Å². The van der Waals surface area contributed by atoms with Crippen LogP contribution in [-0.4, -0.2) is 52.3 Å². The molecule has 0 radical (unpaired) electrons. The molecule has 11 heteroatoms. The molecule has 4 amide bonds. The summed E-state index contributed by atoms with van der Waals surface area (Å²) in [5.74, 6) is -1.71. The highest BCUT2D eigenvalue weighted by Gasteiger charge is 2.29. The number of anilines is 1. The minimum atomic E-state index is -0.934. The van der Waals surface area contributed by atoms with E-state index in [1.807, 2.05) is 26.8 Å². The first kappa shape index (κ1) is 28.8. The average Bonchev–Trinajstić information content (AvgIpc) is 2.89. The summed E-state index contributed by atoms with van der Waals surface area (Å²) < 4.78 is 13.7. The number of aliphatic imine (C=N–C) groups is 1. The van der Waals surface area contributed by atoms with E-state index in [0.717, 1.165) is 16.5 Å². The Kier molecular flexibility index (Phi) is 9.32. The fourth-order valence-electron chi connectivity index (χ4n) is 3.83. The Morgan fingerprint density at radius 2 is 1.95 bits per heavy atom. The Morgan fingerprint density at radius 1 is 1.21 bits per heavy atom. The zero-order chi connectivity index (χ0) is 28.7. The van der Waals surface area contributed by atoms with Crippen molar-refractivity contribution in [2.45, 2.75) is 40.3 Å². The number of aryl methyl sites for hydroxylation is 1. The number of phenols is 1. The number of benzene rings is 1. The van der Waals surface area contributed by atoms with E-state index >= 15 is 0 Å². The average molecular weight is 535 g/mol. The number of urea groups is 2. The number of phenolic OH excluding ortho intramolecular Hbond substituents is 1. The third kappa shape index (κ3) is 7.16. The topological polar surface area (TPSA) is 127 Å². The first-order valence-electron chi connectivity index (χ1n) is 12.2. The van der Waals surface area contributed by atoms with E-state index < -0.39 is 23.6 Å². The predicted molar refractivity (Wildman–Crippen MR) is 147 cm³/mol. The summed E-state index contributed by atoms with van der Waals surface area (Å²) in [5, 5.41) is 16.1. The zero-order valence-corrected chi connectivity index (χ0v) is 22.2. The van der Waals surface area contributed by atoms with Gasteiger partial charge in [-0.25, -0.2) is 23.9 Å². The van der Waals surface area contributed by atoms with Gasteiger partial charge in [-0.2, -0.15) is 0 Å². The van der Waals surface area contributed by atoms with Gasteiger partial charge >= 0.3 is 12.1 Å². The van der Waals surface area contributed by atoms with E-state index in [2.05, 4.69) is 27.3 Å². The summed E-state index contributed by atoms with van der Waals surface area (Å²) in [5.41, 5.74) is 2.94. The normalized spacial score (nSPS) is 14.0. The monoisotopic (exact) mass is 534 g/mol. The summed E-state index contributed by atoms with van der Waals surface area (Å²) in [6.45, 7) is 10.4. The van der Waals surface area contributed by atoms with E-state index in [0.29, 0.717) is 16.8 Å². The molecule has 0 unspecified atom stereocenters. The summed E-state index contributed by atoms with van der Waals surface area (Å²) in [7, 11) is 0. The maximum atomic E-state index is 13.8. The SMILES string of the molecule is C=NC(=O)N(C(=O)N(CNC1=C/C(=C/C)C(NC(C)C)=CC1=O)Cc1ccc(F)c(O)c1)c1cncc(C)c1. The van der Waals surface area contributed by atoms with Gasteiger partial charge in [-0.15, -0.1) is 0 Å². The Morgan fingerprint density at radius 3 is 2.56 bits per heavy atom. The summed E-state index contributed by atoms with van der Waals surface area (Å²) in [6.07, 6.45) is 7.88. The molecule has 3 N–H and O–H groups in total. The molecule has 0 aliphatic heterocycles. The Balaban J connectivity index is 1.95. The highest BCUT2D eigenvalue weighted by atomic mass is 19.1.